The third-order valence-corrected chi connectivity index (χ3v) is 8.78. The van der Waals surface area contributed by atoms with Crippen LogP contribution in [0.3, 0.4) is 0 Å². The largest absolute Gasteiger partial charge is 0.479 e. The number of nitrogens with one attached hydrogen (secondary N) is 2. The number of rotatable bonds is 28. The van der Waals surface area contributed by atoms with Crippen LogP contribution in [-0.2, 0) is 38.2 Å². The van der Waals surface area contributed by atoms with Crippen LogP contribution in [0.25, 0.3) is 0 Å². The van der Waals surface area contributed by atoms with Crippen molar-refractivity contribution in [2.24, 2.45) is 34.8 Å². The second-order valence-corrected chi connectivity index (χ2v) is 14.6. The number of ether oxygens (including phenoxy) is 2. The Morgan fingerprint density at radius 3 is 1.00 bits per heavy atom. The van der Waals surface area contributed by atoms with Crippen LogP contribution in [0.2, 0.25) is 0 Å². The molecular formula is C36H68N8O10. The third-order valence-electron chi connectivity index (χ3n) is 8.78. The zero-order chi connectivity index (χ0) is 40.8. The van der Waals surface area contributed by atoms with Gasteiger partial charge in [0.2, 0.25) is 11.8 Å². The van der Waals surface area contributed by atoms with E-state index < -0.39 is 60.3 Å². The van der Waals surface area contributed by atoms with Crippen LogP contribution in [-0.4, -0.2) is 144 Å². The minimum absolute atomic E-state index is 0.154. The van der Waals surface area contributed by atoms with Crippen LogP contribution in [0.1, 0.15) is 91.9 Å². The summed E-state index contributed by atoms with van der Waals surface area (Å²) in [5.41, 5.74) is 22.2. The molecule has 0 unspecified atom stereocenters. The molecule has 0 spiro atoms. The molecule has 0 bridgehead atoms. The Hall–Kier alpha value is -3.42. The van der Waals surface area contributed by atoms with Gasteiger partial charge in [0.25, 0.3) is 11.8 Å². The highest BCUT2D eigenvalue weighted by Gasteiger charge is 2.52. The number of unbranched alkanes of at least 4 members (excludes halogenated alkanes) is 4. The van der Waals surface area contributed by atoms with Crippen molar-refractivity contribution in [1.82, 2.24) is 20.4 Å². The first-order valence-corrected chi connectivity index (χ1v) is 19.4. The number of carbonyl (C=O) groups is 6. The van der Waals surface area contributed by atoms with Gasteiger partial charge in [0.1, 0.15) is 12.1 Å². The van der Waals surface area contributed by atoms with Crippen molar-refractivity contribution in [2.45, 2.75) is 128 Å². The molecule has 0 aromatic heterocycles. The maximum atomic E-state index is 13.1. The summed E-state index contributed by atoms with van der Waals surface area (Å²) in [5, 5.41) is 23.2. The number of carboxylic acids is 2. The minimum atomic E-state index is -1.17. The van der Waals surface area contributed by atoms with Crippen molar-refractivity contribution in [3.8, 4) is 0 Å². The van der Waals surface area contributed by atoms with Crippen molar-refractivity contribution in [3.63, 3.8) is 0 Å². The van der Waals surface area contributed by atoms with Crippen molar-refractivity contribution < 1.29 is 48.5 Å². The Kier molecular flexibility index (Phi) is 23.8. The molecule has 2 heterocycles. The fourth-order valence-corrected chi connectivity index (χ4v) is 5.79. The molecule has 18 heteroatoms. The van der Waals surface area contributed by atoms with E-state index in [0.29, 0.717) is 65.2 Å². The predicted octanol–water partition coefficient (Wildman–Crippen LogP) is -0.649. The summed E-state index contributed by atoms with van der Waals surface area (Å²) in [4.78, 5) is 75.9. The quantitative estimate of drug-likeness (QED) is 0.0362. The number of carboxylic acid groups (broad SMARTS) is 2. The summed E-state index contributed by atoms with van der Waals surface area (Å²) in [7, 11) is 0. The molecule has 6 atom stereocenters. The van der Waals surface area contributed by atoms with E-state index in [1.165, 1.54) is 0 Å². The average molecular weight is 773 g/mol. The zero-order valence-corrected chi connectivity index (χ0v) is 32.7. The molecule has 2 aliphatic heterocycles. The van der Waals surface area contributed by atoms with Crippen molar-refractivity contribution in [3.05, 3.63) is 0 Å². The topological polar surface area (TPSA) is 303 Å². The van der Waals surface area contributed by atoms with Gasteiger partial charge in [0.15, 0.2) is 24.4 Å². The summed E-state index contributed by atoms with van der Waals surface area (Å²) in [6.07, 6.45) is 3.10. The van der Waals surface area contributed by atoms with Crippen LogP contribution in [0.15, 0.2) is 0 Å². The van der Waals surface area contributed by atoms with Gasteiger partial charge in [-0.15, -0.1) is 0 Å². The summed E-state index contributed by atoms with van der Waals surface area (Å²) >= 11 is 0. The Bertz CT molecular complexity index is 1070. The molecule has 2 saturated heterocycles. The van der Waals surface area contributed by atoms with E-state index in [-0.39, 0.29) is 23.7 Å². The standard InChI is InChI=1S/2C18H34N4O5/c2*1-12(2)11-13(21-16(23)14-15(27-14)18(25)26)17(24)22(9-5-3-7-19)10-6-4-8-20/h2*12-15H,3-11,19-20H2,1-2H3,(H,21,23)(H,25,26)/t2*13-,14-,15-/m00/s1. The number of aliphatic carboxylic acids is 2. The van der Waals surface area contributed by atoms with E-state index in [0.717, 1.165) is 51.4 Å². The Morgan fingerprint density at radius 2 is 0.796 bits per heavy atom. The first-order valence-electron chi connectivity index (χ1n) is 19.4. The van der Waals surface area contributed by atoms with Crippen LogP contribution >= 0.6 is 0 Å². The fraction of sp³-hybridized carbons (Fsp3) is 0.833. The van der Waals surface area contributed by atoms with Crippen molar-refractivity contribution >= 4 is 35.6 Å². The number of nitrogens with two attached hydrogens (primary N) is 4. The molecule has 2 rings (SSSR count). The molecule has 0 aromatic carbocycles. The maximum Gasteiger partial charge on any atom is 0.336 e. The normalized spacial score (nSPS) is 19.6. The third kappa shape index (κ3) is 18.8. The van der Waals surface area contributed by atoms with E-state index in [1.807, 2.05) is 27.7 Å². The van der Waals surface area contributed by atoms with Crippen molar-refractivity contribution in [2.75, 3.05) is 52.4 Å². The lowest BCUT2D eigenvalue weighted by Crippen LogP contribution is -2.51. The van der Waals surface area contributed by atoms with Crippen LogP contribution in [0.5, 0.6) is 0 Å². The molecular weight excluding hydrogens is 704 g/mol. The molecule has 54 heavy (non-hydrogen) atoms. The van der Waals surface area contributed by atoms with Gasteiger partial charge in [-0.3, -0.25) is 19.2 Å². The molecule has 2 aliphatic rings. The number of carbonyl (C=O) groups excluding carboxylic acids is 4. The van der Waals surface area contributed by atoms with Crippen LogP contribution < -0.4 is 33.6 Å². The van der Waals surface area contributed by atoms with E-state index >= 15 is 0 Å². The monoisotopic (exact) mass is 773 g/mol. The number of hydrogen-bond donors (Lipinski definition) is 8. The van der Waals surface area contributed by atoms with Gasteiger partial charge in [-0.05, 0) is 102 Å². The van der Waals surface area contributed by atoms with Gasteiger partial charge in [0, 0.05) is 26.2 Å². The SMILES string of the molecule is CC(C)C[C@H](NC(=O)[C@H]1O[C@@H]1C(=O)O)C(=O)N(CCCCN)CCCCN.CC(C)C[C@H](NC(=O)[C@H]1O[C@@H]1C(=O)O)C(=O)N(CCCCN)CCCCN. The lowest BCUT2D eigenvalue weighted by atomic mass is 10.0. The molecule has 0 aliphatic carbocycles. The molecule has 4 amide bonds. The first kappa shape index (κ1) is 48.6. The molecule has 0 saturated carbocycles. The van der Waals surface area contributed by atoms with Gasteiger partial charge in [-0.2, -0.15) is 0 Å². The van der Waals surface area contributed by atoms with E-state index in [2.05, 4.69) is 10.6 Å². The number of epoxide rings is 2. The Morgan fingerprint density at radius 1 is 0.519 bits per heavy atom. The summed E-state index contributed by atoms with van der Waals surface area (Å²) < 4.78 is 9.76. The first-order chi connectivity index (χ1) is 25.6. The minimum Gasteiger partial charge on any atom is -0.479 e. The Labute approximate surface area is 319 Å². The number of amides is 4. The lowest BCUT2D eigenvalue weighted by Gasteiger charge is -2.29. The highest BCUT2D eigenvalue weighted by molar-refractivity contribution is 5.96. The highest BCUT2D eigenvalue weighted by atomic mass is 16.6. The smallest absolute Gasteiger partial charge is 0.336 e. The molecule has 0 radical (unpaired) electrons. The average Bonchev–Trinajstić information content (AvgIpc) is 4.03. The fourth-order valence-electron chi connectivity index (χ4n) is 5.79. The second kappa shape index (κ2) is 26.4. The van der Waals surface area contributed by atoms with E-state index in [1.54, 1.807) is 9.80 Å². The predicted molar refractivity (Wildman–Crippen MR) is 202 cm³/mol. The van der Waals surface area contributed by atoms with Gasteiger partial charge in [-0.25, -0.2) is 9.59 Å². The molecule has 312 valence electrons. The number of nitrogens with zero attached hydrogens (tertiary/aromatic N) is 2. The molecule has 12 N–H and O–H groups in total. The van der Waals surface area contributed by atoms with Crippen LogP contribution in [0, 0.1) is 11.8 Å². The van der Waals surface area contributed by atoms with Crippen molar-refractivity contribution in [1.29, 1.82) is 0 Å². The molecule has 0 aromatic rings. The molecule has 18 nitrogen and oxygen atoms in total. The maximum absolute atomic E-state index is 13.1. The van der Waals surface area contributed by atoms with Gasteiger partial charge < -0.3 is 63.1 Å². The van der Waals surface area contributed by atoms with E-state index in [9.17, 15) is 28.8 Å². The second-order valence-electron chi connectivity index (χ2n) is 14.6. The summed E-state index contributed by atoms with van der Waals surface area (Å²) in [6, 6.07) is -1.40. The lowest BCUT2D eigenvalue weighted by molar-refractivity contribution is -0.139. The van der Waals surface area contributed by atoms with Gasteiger partial charge in [-0.1, -0.05) is 27.7 Å². The van der Waals surface area contributed by atoms with Gasteiger partial charge in [0.05, 0.1) is 0 Å². The molecule has 2 fully saturated rings. The zero-order valence-electron chi connectivity index (χ0n) is 32.7. The Balaban J connectivity index is 0.000000540. The number of hydrogen-bond acceptors (Lipinski definition) is 12. The van der Waals surface area contributed by atoms with Gasteiger partial charge >= 0.3 is 11.9 Å². The highest BCUT2D eigenvalue weighted by Crippen LogP contribution is 2.24. The van der Waals surface area contributed by atoms with Crippen LogP contribution in [0.4, 0.5) is 0 Å². The summed E-state index contributed by atoms with van der Waals surface area (Å²) in [6.45, 7) is 12.4. The van der Waals surface area contributed by atoms with E-state index in [4.69, 9.17) is 42.6 Å². The summed E-state index contributed by atoms with van der Waals surface area (Å²) in [5.74, 6) is -3.39.